The van der Waals surface area contributed by atoms with Crippen LogP contribution in [0.2, 0.25) is 5.02 Å². The zero-order valence-corrected chi connectivity index (χ0v) is 23.1. The summed E-state index contributed by atoms with van der Waals surface area (Å²) in [5, 5.41) is 4.66. The van der Waals surface area contributed by atoms with Crippen LogP contribution in [0.25, 0.3) is 0 Å². The minimum Gasteiger partial charge on any atom is -0.489 e. The average Bonchev–Trinajstić information content (AvgIpc) is 2.93. The highest BCUT2D eigenvalue weighted by atomic mass is 35.5. The van der Waals surface area contributed by atoms with Crippen molar-refractivity contribution in [2.45, 2.75) is 25.3 Å². The predicted octanol–water partition coefficient (Wildman–Crippen LogP) is 5.88. The molecule has 4 aromatic rings. The molecule has 0 radical (unpaired) electrons. The van der Waals surface area contributed by atoms with E-state index in [4.69, 9.17) is 16.3 Å². The number of nitrogens with one attached hydrogen (secondary N) is 1. The van der Waals surface area contributed by atoms with Gasteiger partial charge in [-0.25, -0.2) is 13.8 Å². The normalized spacial score (nSPS) is 11.4. The number of nitrogens with zero attached hydrogens (tertiary/aromatic N) is 2. The van der Waals surface area contributed by atoms with E-state index < -0.39 is 22.5 Å². The van der Waals surface area contributed by atoms with Gasteiger partial charge < -0.3 is 4.74 Å². The Labute approximate surface area is 233 Å². The van der Waals surface area contributed by atoms with Crippen molar-refractivity contribution in [3.63, 3.8) is 0 Å². The van der Waals surface area contributed by atoms with Crippen molar-refractivity contribution in [2.24, 2.45) is 5.10 Å². The average molecular weight is 562 g/mol. The summed E-state index contributed by atoms with van der Waals surface area (Å²) in [4.78, 5) is 12.9. The molecule has 0 fully saturated rings. The molecular weight excluding hydrogens is 534 g/mol. The van der Waals surface area contributed by atoms with Crippen LogP contribution >= 0.6 is 11.6 Å². The molecule has 7 nitrogen and oxygen atoms in total. The topological polar surface area (TPSA) is 88.1 Å². The molecule has 0 atom stereocenters. The maximum atomic E-state index is 13.4. The zero-order valence-electron chi connectivity index (χ0n) is 21.5. The van der Waals surface area contributed by atoms with Crippen LogP contribution < -0.4 is 14.5 Å². The second kappa shape index (κ2) is 12.6. The summed E-state index contributed by atoms with van der Waals surface area (Å²) in [6.07, 6.45) is 1.48. The number of carbonyl (C=O) groups is 1. The number of hydrazone groups is 1. The molecule has 0 aliphatic heterocycles. The maximum Gasteiger partial charge on any atom is 0.264 e. The van der Waals surface area contributed by atoms with Crippen LogP contribution in [0.15, 0.2) is 107 Å². The molecule has 0 heterocycles. The second-order valence-corrected chi connectivity index (χ2v) is 11.2. The number of hydrogen-bond acceptors (Lipinski definition) is 5. The Morgan fingerprint density at radius 2 is 1.67 bits per heavy atom. The van der Waals surface area contributed by atoms with E-state index in [1.54, 1.807) is 60.7 Å². The van der Waals surface area contributed by atoms with Gasteiger partial charge in [0.05, 0.1) is 16.8 Å². The van der Waals surface area contributed by atoms with Gasteiger partial charge in [-0.1, -0.05) is 48.0 Å². The highest BCUT2D eigenvalue weighted by Gasteiger charge is 2.27. The van der Waals surface area contributed by atoms with Crippen molar-refractivity contribution in [2.75, 3.05) is 10.8 Å². The Kier molecular flexibility index (Phi) is 9.01. The molecule has 200 valence electrons. The van der Waals surface area contributed by atoms with Gasteiger partial charge in [-0.15, -0.1) is 0 Å². The Morgan fingerprint density at radius 3 is 2.36 bits per heavy atom. The van der Waals surface area contributed by atoms with Gasteiger partial charge in [-0.2, -0.15) is 5.10 Å². The third-order valence-corrected chi connectivity index (χ3v) is 8.00. The van der Waals surface area contributed by atoms with E-state index >= 15 is 0 Å². The molecule has 0 bridgehead atoms. The zero-order chi connectivity index (χ0) is 27.8. The van der Waals surface area contributed by atoms with Crippen molar-refractivity contribution in [3.05, 3.63) is 124 Å². The summed E-state index contributed by atoms with van der Waals surface area (Å²) in [7, 11) is -3.99. The fraction of sp³-hybridized carbons (Fsp3) is 0.133. The van der Waals surface area contributed by atoms with Crippen LogP contribution in [0, 0.1) is 13.8 Å². The van der Waals surface area contributed by atoms with Gasteiger partial charge in [-0.05, 0) is 96.8 Å². The van der Waals surface area contributed by atoms with Crippen molar-refractivity contribution < 1.29 is 17.9 Å². The largest absolute Gasteiger partial charge is 0.489 e. The first kappa shape index (κ1) is 27.9. The standard InChI is InChI=1S/C30H28ClN3O4S/c1-22-11-14-27(17-23(22)2)34(39(36,37)29-9-4-3-5-10-29)20-30(35)33-32-19-24-12-15-28(16-13-24)38-21-25-7-6-8-26(31)18-25/h3-19H,20-21H2,1-2H3,(H,33,35)/b32-19+. The third kappa shape index (κ3) is 7.46. The number of aryl methyl sites for hydroxylation is 2. The highest BCUT2D eigenvalue weighted by molar-refractivity contribution is 7.92. The van der Waals surface area contributed by atoms with Crippen molar-refractivity contribution in [1.82, 2.24) is 5.43 Å². The molecule has 0 unspecified atom stereocenters. The second-order valence-electron chi connectivity index (χ2n) is 8.87. The minimum atomic E-state index is -3.99. The maximum absolute atomic E-state index is 13.4. The first-order valence-electron chi connectivity index (χ1n) is 12.2. The summed E-state index contributed by atoms with van der Waals surface area (Å²) in [6, 6.07) is 27.9. The summed E-state index contributed by atoms with van der Waals surface area (Å²) in [5.41, 5.74) is 6.45. The van der Waals surface area contributed by atoms with Gasteiger partial charge in [0.15, 0.2) is 0 Å². The smallest absolute Gasteiger partial charge is 0.264 e. The number of carbonyl (C=O) groups excluding carboxylic acids is 1. The number of hydrogen-bond donors (Lipinski definition) is 1. The number of sulfonamides is 1. The predicted molar refractivity (Wildman–Crippen MR) is 155 cm³/mol. The molecule has 1 amide bonds. The molecule has 9 heteroatoms. The van der Waals surface area contributed by atoms with E-state index in [0.29, 0.717) is 23.1 Å². The van der Waals surface area contributed by atoms with Crippen LogP contribution in [0.4, 0.5) is 5.69 Å². The van der Waals surface area contributed by atoms with Gasteiger partial charge >= 0.3 is 0 Å². The summed E-state index contributed by atoms with van der Waals surface area (Å²) in [5.74, 6) is 0.0942. The van der Waals surface area contributed by atoms with Crippen molar-refractivity contribution in [3.8, 4) is 5.75 Å². The van der Waals surface area contributed by atoms with Gasteiger partial charge in [0.2, 0.25) is 0 Å². The van der Waals surface area contributed by atoms with E-state index in [1.807, 2.05) is 38.1 Å². The molecule has 0 aliphatic rings. The number of halogens is 1. The molecule has 0 aliphatic carbocycles. The first-order chi connectivity index (χ1) is 18.7. The third-order valence-electron chi connectivity index (χ3n) is 5.97. The molecule has 0 saturated carbocycles. The SMILES string of the molecule is Cc1ccc(N(CC(=O)N/N=C/c2ccc(OCc3cccc(Cl)c3)cc2)S(=O)(=O)c2ccccc2)cc1C. The molecular formula is C30H28ClN3O4S. The Morgan fingerprint density at radius 1 is 0.923 bits per heavy atom. The highest BCUT2D eigenvalue weighted by Crippen LogP contribution is 2.25. The van der Waals surface area contributed by atoms with E-state index in [9.17, 15) is 13.2 Å². The van der Waals surface area contributed by atoms with Crippen LogP contribution in [0.1, 0.15) is 22.3 Å². The van der Waals surface area contributed by atoms with Crippen molar-refractivity contribution >= 4 is 39.4 Å². The monoisotopic (exact) mass is 561 g/mol. The van der Waals surface area contributed by atoms with Crippen LogP contribution in [-0.4, -0.2) is 27.1 Å². The van der Waals surface area contributed by atoms with Gasteiger partial charge in [-0.3, -0.25) is 9.10 Å². The lowest BCUT2D eigenvalue weighted by atomic mass is 10.1. The van der Waals surface area contributed by atoms with E-state index in [-0.39, 0.29) is 4.90 Å². The molecule has 4 rings (SSSR count). The molecule has 4 aromatic carbocycles. The fourth-order valence-corrected chi connectivity index (χ4v) is 5.35. The van der Waals surface area contributed by atoms with Crippen molar-refractivity contribution in [1.29, 1.82) is 0 Å². The molecule has 1 N–H and O–H groups in total. The minimum absolute atomic E-state index is 0.0946. The van der Waals surface area contributed by atoms with Gasteiger partial charge in [0.1, 0.15) is 18.9 Å². The number of ether oxygens (including phenoxy) is 1. The Balaban J connectivity index is 1.41. The first-order valence-corrected chi connectivity index (χ1v) is 14.0. The summed E-state index contributed by atoms with van der Waals surface area (Å²) < 4.78 is 33.8. The fourth-order valence-electron chi connectivity index (χ4n) is 3.70. The number of rotatable bonds is 10. The van der Waals surface area contributed by atoms with E-state index in [0.717, 1.165) is 26.6 Å². The lowest BCUT2D eigenvalue weighted by molar-refractivity contribution is -0.119. The summed E-state index contributed by atoms with van der Waals surface area (Å²) >= 11 is 6.01. The van der Waals surface area contributed by atoms with Crippen LogP contribution in [0.5, 0.6) is 5.75 Å². The Bertz CT molecular complexity index is 1570. The van der Waals surface area contributed by atoms with Crippen LogP contribution in [0.3, 0.4) is 0 Å². The molecule has 0 spiro atoms. The Hall–Kier alpha value is -4.14. The lowest BCUT2D eigenvalue weighted by Crippen LogP contribution is -2.39. The van der Waals surface area contributed by atoms with Gasteiger partial charge in [0, 0.05) is 5.02 Å². The molecule has 0 saturated heterocycles. The van der Waals surface area contributed by atoms with E-state index in [1.165, 1.54) is 18.3 Å². The van der Waals surface area contributed by atoms with Crippen LogP contribution in [-0.2, 0) is 21.4 Å². The lowest BCUT2D eigenvalue weighted by Gasteiger charge is -2.24. The summed E-state index contributed by atoms with van der Waals surface area (Å²) in [6.45, 7) is 3.78. The van der Waals surface area contributed by atoms with Gasteiger partial charge in [0.25, 0.3) is 15.9 Å². The number of anilines is 1. The number of amides is 1. The molecule has 39 heavy (non-hydrogen) atoms. The molecule has 0 aromatic heterocycles. The number of benzene rings is 4. The van der Waals surface area contributed by atoms with E-state index in [2.05, 4.69) is 10.5 Å². The quantitative estimate of drug-likeness (QED) is 0.193.